The molecule has 86 valence electrons. The van der Waals surface area contributed by atoms with E-state index in [-0.39, 0.29) is 6.61 Å². The normalized spacial score (nSPS) is 9.88. The van der Waals surface area contributed by atoms with Gasteiger partial charge in [0.25, 0.3) is 0 Å². The molecule has 0 radical (unpaired) electrons. The molecule has 1 heterocycles. The lowest BCUT2D eigenvalue weighted by Crippen LogP contribution is -2.25. The molecule has 4 heteroatoms. The van der Waals surface area contributed by atoms with E-state index in [9.17, 15) is 4.39 Å². The summed E-state index contributed by atoms with van der Waals surface area (Å²) in [6.07, 6.45) is 4.57. The van der Waals surface area contributed by atoms with E-state index < -0.39 is 5.82 Å². The van der Waals surface area contributed by atoms with E-state index in [1.165, 1.54) is 6.07 Å². The van der Waals surface area contributed by atoms with E-state index in [2.05, 4.69) is 18.1 Å². The lowest BCUT2D eigenvalue weighted by atomic mass is 10.2. The van der Waals surface area contributed by atoms with Crippen LogP contribution in [-0.4, -0.2) is 23.2 Å². The minimum Gasteiger partial charge on any atom is -0.392 e. The van der Waals surface area contributed by atoms with Gasteiger partial charge in [0.15, 0.2) is 0 Å². The van der Waals surface area contributed by atoms with Gasteiger partial charge in [0.2, 0.25) is 0 Å². The van der Waals surface area contributed by atoms with E-state index in [1.807, 2.05) is 4.90 Å². The fourth-order valence-electron chi connectivity index (χ4n) is 1.43. The quantitative estimate of drug-likeness (QED) is 0.747. The molecule has 0 aliphatic carbocycles. The molecular weight excluding hydrogens is 207 g/mol. The average Bonchev–Trinajstić information content (AvgIpc) is 2.28. The Hall–Kier alpha value is -1.68. The number of nitrogens with zero attached hydrogens (tertiary/aromatic N) is 2. The summed E-state index contributed by atoms with van der Waals surface area (Å²) in [6, 6.07) is 1.28. The van der Waals surface area contributed by atoms with Crippen molar-refractivity contribution < 1.29 is 9.50 Å². The lowest BCUT2D eigenvalue weighted by Gasteiger charge is -2.22. The zero-order valence-electron chi connectivity index (χ0n) is 9.06. The third-order valence-corrected chi connectivity index (χ3v) is 2.08. The number of aliphatic hydroxyl groups excluding tert-OH is 1. The molecule has 0 atom stereocenters. The molecule has 1 rings (SSSR count). The largest absolute Gasteiger partial charge is 0.392 e. The maximum Gasteiger partial charge on any atom is 0.142 e. The summed E-state index contributed by atoms with van der Waals surface area (Å²) in [5.41, 5.74) is 0.462. The van der Waals surface area contributed by atoms with Gasteiger partial charge in [-0.25, -0.2) is 9.37 Å². The predicted molar refractivity (Wildman–Crippen MR) is 62.7 cm³/mol. The second kappa shape index (κ2) is 6.02. The van der Waals surface area contributed by atoms with Crippen molar-refractivity contribution in [3.05, 3.63) is 49.0 Å². The van der Waals surface area contributed by atoms with Gasteiger partial charge in [-0.2, -0.15) is 0 Å². The number of anilines is 1. The van der Waals surface area contributed by atoms with Crippen LogP contribution in [0.3, 0.4) is 0 Å². The van der Waals surface area contributed by atoms with Gasteiger partial charge in [0.1, 0.15) is 11.6 Å². The first-order valence-corrected chi connectivity index (χ1v) is 4.95. The summed E-state index contributed by atoms with van der Waals surface area (Å²) in [5, 5.41) is 9.14. The second-order valence-corrected chi connectivity index (χ2v) is 3.28. The number of aliphatic hydroxyl groups is 1. The van der Waals surface area contributed by atoms with Gasteiger partial charge in [-0.1, -0.05) is 12.2 Å². The summed E-state index contributed by atoms with van der Waals surface area (Å²) >= 11 is 0. The minimum atomic E-state index is -0.454. The predicted octanol–water partition coefficient (Wildman–Crippen LogP) is 1.89. The molecule has 0 fully saturated rings. The number of aromatic nitrogens is 1. The van der Waals surface area contributed by atoms with Gasteiger partial charge < -0.3 is 10.0 Å². The molecule has 3 nitrogen and oxygen atoms in total. The third kappa shape index (κ3) is 2.90. The maximum absolute atomic E-state index is 12.9. The van der Waals surface area contributed by atoms with Crippen LogP contribution in [0, 0.1) is 5.82 Å². The van der Waals surface area contributed by atoms with E-state index in [0.717, 1.165) is 6.20 Å². The SMILES string of the molecule is C=CCN(CC=C)c1ncc(F)cc1CO. The van der Waals surface area contributed by atoms with Crippen molar-refractivity contribution in [2.45, 2.75) is 6.61 Å². The molecule has 0 amide bonds. The van der Waals surface area contributed by atoms with Gasteiger partial charge >= 0.3 is 0 Å². The summed E-state index contributed by atoms with van der Waals surface area (Å²) in [4.78, 5) is 5.83. The Morgan fingerprint density at radius 3 is 2.50 bits per heavy atom. The molecule has 0 aliphatic rings. The highest BCUT2D eigenvalue weighted by Gasteiger charge is 2.11. The molecule has 16 heavy (non-hydrogen) atoms. The van der Waals surface area contributed by atoms with E-state index >= 15 is 0 Å². The van der Waals surface area contributed by atoms with Crippen molar-refractivity contribution in [3.8, 4) is 0 Å². The van der Waals surface area contributed by atoms with E-state index in [1.54, 1.807) is 12.2 Å². The highest BCUT2D eigenvalue weighted by atomic mass is 19.1. The first-order chi connectivity index (χ1) is 7.72. The van der Waals surface area contributed by atoms with Crippen molar-refractivity contribution in [3.63, 3.8) is 0 Å². The van der Waals surface area contributed by atoms with Crippen LogP contribution in [0.25, 0.3) is 0 Å². The number of rotatable bonds is 6. The Balaban J connectivity index is 3.06. The smallest absolute Gasteiger partial charge is 0.142 e. The van der Waals surface area contributed by atoms with Crippen LogP contribution in [0.5, 0.6) is 0 Å². The number of hydrogen-bond donors (Lipinski definition) is 1. The molecule has 0 aromatic carbocycles. The molecule has 1 aromatic heterocycles. The van der Waals surface area contributed by atoms with Crippen LogP contribution >= 0.6 is 0 Å². The van der Waals surface area contributed by atoms with Crippen molar-refractivity contribution in [1.29, 1.82) is 0 Å². The van der Waals surface area contributed by atoms with Gasteiger partial charge in [0, 0.05) is 18.7 Å². The fourth-order valence-corrected chi connectivity index (χ4v) is 1.43. The van der Waals surface area contributed by atoms with Gasteiger partial charge in [0.05, 0.1) is 12.8 Å². The first-order valence-electron chi connectivity index (χ1n) is 4.95. The van der Waals surface area contributed by atoms with Crippen LogP contribution < -0.4 is 4.90 Å². The van der Waals surface area contributed by atoms with Gasteiger partial charge in [-0.05, 0) is 6.07 Å². The first kappa shape index (κ1) is 12.4. The molecule has 1 N–H and O–H groups in total. The zero-order valence-corrected chi connectivity index (χ0v) is 9.06. The second-order valence-electron chi connectivity index (χ2n) is 3.28. The van der Waals surface area contributed by atoms with Crippen LogP contribution in [0.2, 0.25) is 0 Å². The summed E-state index contributed by atoms with van der Waals surface area (Å²) in [7, 11) is 0. The Bertz CT molecular complexity index is 369. The summed E-state index contributed by atoms with van der Waals surface area (Å²) in [5.74, 6) is 0.105. The Kier molecular flexibility index (Phi) is 4.66. The standard InChI is InChI=1S/C12H15FN2O/c1-3-5-15(6-4-2)12-10(9-16)7-11(13)8-14-12/h3-4,7-8,16H,1-2,5-6,9H2. The van der Waals surface area contributed by atoms with Crippen LogP contribution in [0.4, 0.5) is 10.2 Å². The maximum atomic E-state index is 12.9. The summed E-state index contributed by atoms with van der Waals surface area (Å²) < 4.78 is 12.9. The molecule has 0 unspecified atom stereocenters. The third-order valence-electron chi connectivity index (χ3n) is 2.08. The topological polar surface area (TPSA) is 36.4 Å². The van der Waals surface area contributed by atoms with Crippen LogP contribution in [0.15, 0.2) is 37.6 Å². The van der Waals surface area contributed by atoms with Crippen LogP contribution in [-0.2, 0) is 6.61 Å². The lowest BCUT2D eigenvalue weighted by molar-refractivity contribution is 0.281. The van der Waals surface area contributed by atoms with Gasteiger partial charge in [-0.15, -0.1) is 13.2 Å². The monoisotopic (exact) mass is 222 g/mol. The van der Waals surface area contributed by atoms with E-state index in [4.69, 9.17) is 5.11 Å². The number of halogens is 1. The van der Waals surface area contributed by atoms with E-state index in [0.29, 0.717) is 24.5 Å². The molecule has 1 aromatic rings. The molecular formula is C12H15FN2O. The Morgan fingerprint density at radius 1 is 1.38 bits per heavy atom. The number of hydrogen-bond acceptors (Lipinski definition) is 3. The van der Waals surface area contributed by atoms with Crippen LogP contribution in [0.1, 0.15) is 5.56 Å². The molecule has 0 spiro atoms. The van der Waals surface area contributed by atoms with Crippen molar-refractivity contribution in [1.82, 2.24) is 4.98 Å². The Morgan fingerprint density at radius 2 is 2.00 bits per heavy atom. The molecule has 0 saturated heterocycles. The average molecular weight is 222 g/mol. The molecule has 0 aliphatic heterocycles. The minimum absolute atomic E-state index is 0.245. The summed E-state index contributed by atoms with van der Waals surface area (Å²) in [6.45, 7) is 8.17. The highest BCUT2D eigenvalue weighted by Crippen LogP contribution is 2.18. The fraction of sp³-hybridized carbons (Fsp3) is 0.250. The molecule has 0 saturated carbocycles. The highest BCUT2D eigenvalue weighted by molar-refractivity contribution is 5.47. The van der Waals surface area contributed by atoms with Crippen molar-refractivity contribution in [2.24, 2.45) is 0 Å². The zero-order chi connectivity index (χ0) is 12.0. The molecule has 0 bridgehead atoms. The Labute approximate surface area is 94.5 Å². The van der Waals surface area contributed by atoms with Crippen molar-refractivity contribution >= 4 is 5.82 Å². The van der Waals surface area contributed by atoms with Gasteiger partial charge in [-0.3, -0.25) is 0 Å². The van der Waals surface area contributed by atoms with Crippen molar-refractivity contribution in [2.75, 3.05) is 18.0 Å². The number of pyridine rings is 1.